The van der Waals surface area contributed by atoms with Crippen molar-refractivity contribution in [3.05, 3.63) is 0 Å². The average Bonchev–Trinajstić information content (AvgIpc) is 2.62. The zero-order valence-corrected chi connectivity index (χ0v) is 14.7. The maximum atomic E-state index is 9.15. The number of hydrogen-bond acceptors (Lipinski definition) is 10. The molecule has 0 saturated heterocycles. The van der Waals surface area contributed by atoms with Crippen molar-refractivity contribution in [3.63, 3.8) is 0 Å². The van der Waals surface area contributed by atoms with E-state index < -0.39 is 6.16 Å². The second-order valence-corrected chi connectivity index (χ2v) is 3.81. The monoisotopic (exact) mass is 376 g/mol. The quantitative estimate of drug-likeness (QED) is 0.174. The predicted molar refractivity (Wildman–Crippen MR) is 86.7 cm³/mol. The Hall–Kier alpha value is -1.05. The summed E-state index contributed by atoms with van der Waals surface area (Å²) in [5.74, 6) is 0. The van der Waals surface area contributed by atoms with Crippen molar-refractivity contribution in [1.29, 1.82) is 0 Å². The third kappa shape index (κ3) is 45.1. The van der Waals surface area contributed by atoms with Crippen molar-refractivity contribution in [3.8, 4) is 0 Å². The van der Waals surface area contributed by atoms with Crippen molar-refractivity contribution < 1.29 is 54.0 Å². The van der Waals surface area contributed by atoms with Crippen molar-refractivity contribution in [1.82, 2.24) is 0 Å². The molecular formula is C14H32O11. The molecule has 11 heteroatoms. The summed E-state index contributed by atoms with van der Waals surface area (Å²) in [5.41, 5.74) is 0. The SMILES string of the molecule is COC(=O)O.OCCOCCOCCO.OCCOCCOCCO. The number of ether oxygens (including phenoxy) is 5. The third-order valence-corrected chi connectivity index (χ3v) is 1.86. The molecule has 5 N–H and O–H groups in total. The Morgan fingerprint density at radius 2 is 0.800 bits per heavy atom. The van der Waals surface area contributed by atoms with E-state index in [9.17, 15) is 0 Å². The number of carbonyl (C=O) groups is 1. The molecule has 25 heavy (non-hydrogen) atoms. The standard InChI is InChI=1S/2C6H14O4.C2H4O3/c2*7-1-3-9-5-6-10-4-2-8;1-5-2(3)4/h2*7-8H,1-6H2;1H3,(H,3,4). The summed E-state index contributed by atoms with van der Waals surface area (Å²) in [5, 5.41) is 40.6. The van der Waals surface area contributed by atoms with E-state index in [2.05, 4.69) is 4.74 Å². The minimum absolute atomic E-state index is 0.0417. The van der Waals surface area contributed by atoms with Crippen LogP contribution < -0.4 is 0 Å². The summed E-state index contributed by atoms with van der Waals surface area (Å²) < 4.78 is 23.2. The lowest BCUT2D eigenvalue weighted by Gasteiger charge is -2.01. The summed E-state index contributed by atoms with van der Waals surface area (Å²) in [6.07, 6.45) is -1.25. The van der Waals surface area contributed by atoms with E-state index in [-0.39, 0.29) is 26.4 Å². The molecule has 0 atom stereocenters. The molecule has 0 radical (unpaired) electrons. The van der Waals surface area contributed by atoms with Crippen LogP contribution in [-0.4, -0.2) is 118 Å². The Balaban J connectivity index is -0.000000308. The number of methoxy groups -OCH3 is 1. The first-order chi connectivity index (χ1) is 12.1. The van der Waals surface area contributed by atoms with Crippen molar-refractivity contribution in [2.24, 2.45) is 0 Å². The fourth-order valence-electron chi connectivity index (χ4n) is 0.902. The molecule has 0 fully saturated rings. The molecule has 0 aliphatic rings. The van der Waals surface area contributed by atoms with Gasteiger partial charge in [-0.15, -0.1) is 0 Å². The van der Waals surface area contributed by atoms with Gasteiger partial charge in [-0.2, -0.15) is 0 Å². The molecule has 0 aromatic carbocycles. The highest BCUT2D eigenvalue weighted by atomic mass is 16.6. The molecule has 0 spiro atoms. The number of hydrogen-bond donors (Lipinski definition) is 5. The highest BCUT2D eigenvalue weighted by Gasteiger charge is 1.87. The zero-order chi connectivity index (χ0) is 19.6. The van der Waals surface area contributed by atoms with Gasteiger partial charge in [-0.05, 0) is 0 Å². The number of carboxylic acid groups (broad SMARTS) is 1. The van der Waals surface area contributed by atoms with Crippen molar-refractivity contribution >= 4 is 6.16 Å². The summed E-state index contributed by atoms with van der Waals surface area (Å²) >= 11 is 0. The molecule has 11 nitrogen and oxygen atoms in total. The first-order valence-corrected chi connectivity index (χ1v) is 7.61. The lowest BCUT2D eigenvalue weighted by atomic mass is 10.7. The molecule has 0 aliphatic carbocycles. The minimum Gasteiger partial charge on any atom is -0.450 e. The van der Waals surface area contributed by atoms with Crippen LogP contribution in [0.25, 0.3) is 0 Å². The summed E-state index contributed by atoms with van der Waals surface area (Å²) in [6, 6.07) is 0. The van der Waals surface area contributed by atoms with Crippen LogP contribution in [0.4, 0.5) is 4.79 Å². The van der Waals surface area contributed by atoms with E-state index in [0.717, 1.165) is 7.11 Å². The molecule has 0 aromatic heterocycles. The number of rotatable bonds is 14. The largest absolute Gasteiger partial charge is 0.505 e. The Kier molecular flexibility index (Phi) is 35.4. The Labute approximate surface area is 147 Å². The molecule has 154 valence electrons. The van der Waals surface area contributed by atoms with Gasteiger partial charge in [0.25, 0.3) is 0 Å². The van der Waals surface area contributed by atoms with Gasteiger partial charge in [0.1, 0.15) is 0 Å². The van der Waals surface area contributed by atoms with Crippen LogP contribution in [0.15, 0.2) is 0 Å². The lowest BCUT2D eigenvalue weighted by Crippen LogP contribution is -2.09. The molecular weight excluding hydrogens is 344 g/mol. The Morgan fingerprint density at radius 3 is 0.920 bits per heavy atom. The van der Waals surface area contributed by atoms with E-state index in [0.29, 0.717) is 52.9 Å². The smallest absolute Gasteiger partial charge is 0.450 e. The third-order valence-electron chi connectivity index (χ3n) is 1.86. The maximum Gasteiger partial charge on any atom is 0.505 e. The van der Waals surface area contributed by atoms with Gasteiger partial charge in [-0.1, -0.05) is 0 Å². The minimum atomic E-state index is -1.25. The van der Waals surface area contributed by atoms with Crippen LogP contribution in [-0.2, 0) is 23.7 Å². The highest BCUT2D eigenvalue weighted by Crippen LogP contribution is 1.77. The first-order valence-electron chi connectivity index (χ1n) is 7.61. The predicted octanol–water partition coefficient (Wildman–Crippen LogP) is -1.68. The van der Waals surface area contributed by atoms with E-state index in [4.69, 9.17) is 49.3 Å². The lowest BCUT2D eigenvalue weighted by molar-refractivity contribution is 0.0222. The molecule has 0 rings (SSSR count). The fourth-order valence-corrected chi connectivity index (χ4v) is 0.902. The van der Waals surface area contributed by atoms with Gasteiger partial charge in [-0.3, -0.25) is 0 Å². The van der Waals surface area contributed by atoms with Crippen LogP contribution in [0, 0.1) is 0 Å². The van der Waals surface area contributed by atoms with Crippen molar-refractivity contribution in [2.75, 3.05) is 86.4 Å². The topological polar surface area (TPSA) is 164 Å². The van der Waals surface area contributed by atoms with Gasteiger partial charge in [0.2, 0.25) is 0 Å². The van der Waals surface area contributed by atoms with Gasteiger partial charge < -0.3 is 49.2 Å². The summed E-state index contributed by atoms with van der Waals surface area (Å²) in [6.45, 7) is 3.46. The molecule has 0 heterocycles. The van der Waals surface area contributed by atoms with Crippen LogP contribution in [0.2, 0.25) is 0 Å². The fraction of sp³-hybridized carbons (Fsp3) is 0.929. The Morgan fingerprint density at radius 1 is 0.600 bits per heavy atom. The van der Waals surface area contributed by atoms with E-state index in [1.165, 1.54) is 0 Å². The van der Waals surface area contributed by atoms with Crippen LogP contribution >= 0.6 is 0 Å². The summed E-state index contributed by atoms with van der Waals surface area (Å²) in [4.78, 5) is 9.15. The van der Waals surface area contributed by atoms with Crippen molar-refractivity contribution in [2.45, 2.75) is 0 Å². The van der Waals surface area contributed by atoms with E-state index >= 15 is 0 Å². The summed E-state index contributed by atoms with van der Waals surface area (Å²) in [7, 11) is 1.10. The molecule has 0 amide bonds. The highest BCUT2D eigenvalue weighted by molar-refractivity contribution is 5.56. The van der Waals surface area contributed by atoms with E-state index in [1.807, 2.05) is 0 Å². The molecule has 0 unspecified atom stereocenters. The van der Waals surface area contributed by atoms with Crippen LogP contribution in [0.5, 0.6) is 0 Å². The second kappa shape index (κ2) is 30.8. The van der Waals surface area contributed by atoms with Gasteiger partial charge >= 0.3 is 6.16 Å². The van der Waals surface area contributed by atoms with Crippen LogP contribution in [0.1, 0.15) is 0 Å². The normalized spacial score (nSPS) is 9.48. The molecule has 0 aliphatic heterocycles. The van der Waals surface area contributed by atoms with Gasteiger partial charge in [-0.25, -0.2) is 4.79 Å². The van der Waals surface area contributed by atoms with Crippen LogP contribution in [0.3, 0.4) is 0 Å². The molecule has 0 aromatic rings. The van der Waals surface area contributed by atoms with Gasteiger partial charge in [0.15, 0.2) is 0 Å². The average molecular weight is 376 g/mol. The number of aliphatic hydroxyl groups is 4. The second-order valence-electron chi connectivity index (χ2n) is 3.81. The Bertz CT molecular complexity index is 197. The van der Waals surface area contributed by atoms with Gasteiger partial charge in [0, 0.05) is 0 Å². The maximum absolute atomic E-state index is 9.15. The number of aliphatic hydroxyl groups excluding tert-OH is 4. The molecule has 0 saturated carbocycles. The van der Waals surface area contributed by atoms with E-state index in [1.54, 1.807) is 0 Å². The zero-order valence-electron chi connectivity index (χ0n) is 14.7. The molecule has 0 bridgehead atoms. The van der Waals surface area contributed by atoms with Gasteiger partial charge in [0.05, 0.1) is 86.4 Å². The first kappa shape index (κ1) is 28.7.